The molecule has 0 saturated carbocycles. The molecule has 0 aromatic carbocycles. The van der Waals surface area contributed by atoms with Gasteiger partial charge in [-0.2, -0.15) is 0 Å². The molecule has 2 nitrogen and oxygen atoms in total. The molecule has 0 aliphatic carbocycles. The first-order valence-corrected chi connectivity index (χ1v) is 3.17. The molecule has 0 saturated heterocycles. The standard InChI is InChI=1S/C7H8BNO/c1-2-10-7-4-3-6(8)5-9-7/h3-5H,2H2,1H3. The fourth-order valence-electron chi connectivity index (χ4n) is 0.625. The van der Waals surface area contributed by atoms with E-state index in [0.29, 0.717) is 17.9 Å². The highest BCUT2D eigenvalue weighted by Crippen LogP contribution is 2.00. The molecule has 0 atom stereocenters. The molecule has 0 N–H and O–H groups in total. The monoisotopic (exact) mass is 133 g/mol. The van der Waals surface area contributed by atoms with E-state index in [0.717, 1.165) is 0 Å². The van der Waals surface area contributed by atoms with E-state index in [1.54, 1.807) is 18.3 Å². The highest BCUT2D eigenvalue weighted by Gasteiger charge is 1.89. The Kier molecular flexibility index (Phi) is 2.32. The van der Waals surface area contributed by atoms with Crippen LogP contribution in [0.25, 0.3) is 0 Å². The predicted molar refractivity (Wildman–Crippen MR) is 40.8 cm³/mol. The van der Waals surface area contributed by atoms with Crippen molar-refractivity contribution in [3.8, 4) is 5.88 Å². The van der Waals surface area contributed by atoms with Crippen LogP contribution in [0.15, 0.2) is 18.3 Å². The number of rotatable bonds is 2. The molecule has 2 radical (unpaired) electrons. The molecule has 0 bridgehead atoms. The Morgan fingerprint density at radius 2 is 2.40 bits per heavy atom. The first-order chi connectivity index (χ1) is 4.83. The van der Waals surface area contributed by atoms with E-state index >= 15 is 0 Å². The number of aromatic nitrogens is 1. The Morgan fingerprint density at radius 1 is 1.60 bits per heavy atom. The summed E-state index contributed by atoms with van der Waals surface area (Å²) >= 11 is 0. The first-order valence-electron chi connectivity index (χ1n) is 3.17. The lowest BCUT2D eigenvalue weighted by Gasteiger charge is -1.99. The summed E-state index contributed by atoms with van der Waals surface area (Å²) in [5, 5.41) is 0. The lowest BCUT2D eigenvalue weighted by Crippen LogP contribution is -2.03. The fourth-order valence-corrected chi connectivity index (χ4v) is 0.625. The van der Waals surface area contributed by atoms with E-state index in [1.807, 2.05) is 6.92 Å². The Morgan fingerprint density at radius 3 is 2.90 bits per heavy atom. The molecule has 10 heavy (non-hydrogen) atoms. The normalized spacial score (nSPS) is 9.30. The third-order valence-electron chi connectivity index (χ3n) is 1.05. The summed E-state index contributed by atoms with van der Waals surface area (Å²) in [4.78, 5) is 3.92. The molecule has 0 amide bonds. The van der Waals surface area contributed by atoms with Gasteiger partial charge in [-0.25, -0.2) is 4.98 Å². The van der Waals surface area contributed by atoms with Gasteiger partial charge in [0.05, 0.1) is 6.61 Å². The number of hydrogen-bond donors (Lipinski definition) is 0. The van der Waals surface area contributed by atoms with Crippen LogP contribution in [0.5, 0.6) is 5.88 Å². The van der Waals surface area contributed by atoms with Gasteiger partial charge in [-0.1, -0.05) is 11.5 Å². The van der Waals surface area contributed by atoms with Crippen LogP contribution >= 0.6 is 0 Å². The SMILES string of the molecule is [B]c1ccc(OCC)nc1. The minimum absolute atomic E-state index is 0.622. The Labute approximate surface area is 61.6 Å². The van der Waals surface area contributed by atoms with Crippen molar-refractivity contribution < 1.29 is 4.74 Å². The highest BCUT2D eigenvalue weighted by molar-refractivity contribution is 6.32. The van der Waals surface area contributed by atoms with Gasteiger partial charge in [0.15, 0.2) is 0 Å². The molecule has 0 spiro atoms. The van der Waals surface area contributed by atoms with Gasteiger partial charge in [0, 0.05) is 6.20 Å². The molecule has 50 valence electrons. The molecular formula is C7H8BNO. The molecule has 1 aromatic heterocycles. The maximum atomic E-state index is 5.40. The zero-order valence-electron chi connectivity index (χ0n) is 5.87. The molecule has 1 heterocycles. The van der Waals surface area contributed by atoms with E-state index in [9.17, 15) is 0 Å². The molecule has 1 aromatic rings. The number of pyridine rings is 1. The van der Waals surface area contributed by atoms with E-state index in [-0.39, 0.29) is 0 Å². The first kappa shape index (κ1) is 7.13. The van der Waals surface area contributed by atoms with E-state index < -0.39 is 0 Å². The molecular weight excluding hydrogens is 125 g/mol. The van der Waals surface area contributed by atoms with E-state index in [4.69, 9.17) is 12.6 Å². The van der Waals surface area contributed by atoms with E-state index in [1.165, 1.54) is 0 Å². The van der Waals surface area contributed by atoms with Gasteiger partial charge >= 0.3 is 0 Å². The molecule has 0 aliphatic heterocycles. The van der Waals surface area contributed by atoms with Crippen LogP contribution in [0.4, 0.5) is 0 Å². The third-order valence-corrected chi connectivity index (χ3v) is 1.05. The van der Waals surface area contributed by atoms with Gasteiger partial charge in [-0.05, 0) is 13.0 Å². The van der Waals surface area contributed by atoms with Gasteiger partial charge in [0.2, 0.25) is 5.88 Å². The summed E-state index contributed by atoms with van der Waals surface area (Å²) in [6.45, 7) is 2.55. The van der Waals surface area contributed by atoms with Crippen molar-refractivity contribution in [2.24, 2.45) is 0 Å². The average molecular weight is 133 g/mol. The maximum absolute atomic E-state index is 5.40. The zero-order valence-corrected chi connectivity index (χ0v) is 5.87. The molecule has 1 rings (SSSR count). The fraction of sp³-hybridized carbons (Fsp3) is 0.286. The maximum Gasteiger partial charge on any atom is 0.213 e. The largest absolute Gasteiger partial charge is 0.478 e. The lowest BCUT2D eigenvalue weighted by atomic mass is 9.99. The summed E-state index contributed by atoms with van der Waals surface area (Å²) in [7, 11) is 5.40. The van der Waals surface area contributed by atoms with Gasteiger partial charge < -0.3 is 4.74 Å². The second-order valence-electron chi connectivity index (χ2n) is 1.86. The zero-order chi connectivity index (χ0) is 7.40. The predicted octanol–water partition coefficient (Wildman–Crippen LogP) is 0.274. The summed E-state index contributed by atoms with van der Waals surface area (Å²) in [5.41, 5.74) is 0.656. The van der Waals surface area contributed by atoms with Crippen molar-refractivity contribution in [3.05, 3.63) is 18.3 Å². The summed E-state index contributed by atoms with van der Waals surface area (Å²) in [5.74, 6) is 0.622. The van der Waals surface area contributed by atoms with Crippen molar-refractivity contribution in [2.45, 2.75) is 6.92 Å². The summed E-state index contributed by atoms with van der Waals surface area (Å²) < 4.78 is 5.09. The van der Waals surface area contributed by atoms with Gasteiger partial charge in [-0.15, -0.1) is 0 Å². The summed E-state index contributed by atoms with van der Waals surface area (Å²) in [6, 6.07) is 3.51. The van der Waals surface area contributed by atoms with Crippen LogP contribution in [0.2, 0.25) is 0 Å². The van der Waals surface area contributed by atoms with Crippen LogP contribution in [0.1, 0.15) is 6.92 Å². The van der Waals surface area contributed by atoms with Crippen molar-refractivity contribution >= 4 is 13.3 Å². The smallest absolute Gasteiger partial charge is 0.213 e. The second kappa shape index (κ2) is 3.25. The lowest BCUT2D eigenvalue weighted by molar-refractivity contribution is 0.327. The van der Waals surface area contributed by atoms with Crippen molar-refractivity contribution in [1.29, 1.82) is 0 Å². The molecule has 0 unspecified atom stereocenters. The van der Waals surface area contributed by atoms with E-state index in [2.05, 4.69) is 4.98 Å². The minimum atomic E-state index is 0.622. The van der Waals surface area contributed by atoms with Crippen LogP contribution in [-0.2, 0) is 0 Å². The highest BCUT2D eigenvalue weighted by atomic mass is 16.5. The van der Waals surface area contributed by atoms with Crippen LogP contribution in [0, 0.1) is 0 Å². The van der Waals surface area contributed by atoms with Gasteiger partial charge in [0.25, 0.3) is 0 Å². The number of hydrogen-bond acceptors (Lipinski definition) is 2. The minimum Gasteiger partial charge on any atom is -0.478 e. The van der Waals surface area contributed by atoms with Crippen LogP contribution in [0.3, 0.4) is 0 Å². The molecule has 0 fully saturated rings. The van der Waals surface area contributed by atoms with Crippen LogP contribution < -0.4 is 10.2 Å². The number of ether oxygens (including phenoxy) is 1. The van der Waals surface area contributed by atoms with Crippen molar-refractivity contribution in [1.82, 2.24) is 4.98 Å². The summed E-state index contributed by atoms with van der Waals surface area (Å²) in [6.07, 6.45) is 1.57. The van der Waals surface area contributed by atoms with Crippen molar-refractivity contribution in [2.75, 3.05) is 6.61 Å². The average Bonchev–Trinajstić information content (AvgIpc) is 1.95. The molecule has 0 aliphatic rings. The third kappa shape index (κ3) is 1.76. The van der Waals surface area contributed by atoms with Crippen molar-refractivity contribution in [3.63, 3.8) is 0 Å². The molecule has 3 heteroatoms. The quantitative estimate of drug-likeness (QED) is 0.540. The Balaban J connectivity index is 2.69. The topological polar surface area (TPSA) is 22.1 Å². The van der Waals surface area contributed by atoms with Crippen LogP contribution in [-0.4, -0.2) is 19.4 Å². The van der Waals surface area contributed by atoms with Gasteiger partial charge in [0.1, 0.15) is 7.85 Å². The second-order valence-corrected chi connectivity index (χ2v) is 1.86. The Hall–Kier alpha value is -0.985. The van der Waals surface area contributed by atoms with Gasteiger partial charge in [-0.3, -0.25) is 0 Å². The number of nitrogens with zero attached hydrogens (tertiary/aromatic N) is 1. The Bertz CT molecular complexity index is 197.